The fraction of sp³-hybridized carbons (Fsp3) is 1.00. The first-order valence-corrected chi connectivity index (χ1v) is 7.88. The van der Waals surface area contributed by atoms with Gasteiger partial charge in [-0.3, -0.25) is 0 Å². The van der Waals surface area contributed by atoms with Crippen LogP contribution in [0.4, 0.5) is 0 Å². The monoisotopic (exact) mass is 255 g/mol. The molecule has 1 heterocycles. The Labute approximate surface area is 114 Å². The van der Waals surface area contributed by atoms with Crippen LogP contribution >= 0.6 is 0 Å². The highest BCUT2D eigenvalue weighted by Crippen LogP contribution is 2.18. The molecule has 0 atom stereocenters. The molecule has 0 aromatic carbocycles. The van der Waals surface area contributed by atoms with Gasteiger partial charge in [-0.25, -0.2) is 0 Å². The SMILES string of the molecule is CC(C)CCCOCC1CCN(CC(C)C)CC1. The molecule has 1 rings (SSSR count). The largest absolute Gasteiger partial charge is 0.381 e. The van der Waals surface area contributed by atoms with Crippen LogP contribution in [-0.2, 0) is 4.74 Å². The van der Waals surface area contributed by atoms with Crippen molar-refractivity contribution in [1.82, 2.24) is 4.90 Å². The maximum atomic E-state index is 5.82. The lowest BCUT2D eigenvalue weighted by molar-refractivity contribution is 0.0616. The minimum absolute atomic E-state index is 0.800. The van der Waals surface area contributed by atoms with E-state index in [4.69, 9.17) is 4.74 Å². The van der Waals surface area contributed by atoms with Gasteiger partial charge in [0.25, 0.3) is 0 Å². The lowest BCUT2D eigenvalue weighted by Crippen LogP contribution is -2.37. The Morgan fingerprint density at radius 2 is 1.72 bits per heavy atom. The number of likely N-dealkylation sites (tertiary alicyclic amines) is 1. The Bertz CT molecular complexity index is 195. The summed E-state index contributed by atoms with van der Waals surface area (Å²) in [4.78, 5) is 2.61. The molecule has 0 aromatic heterocycles. The summed E-state index contributed by atoms with van der Waals surface area (Å²) in [6, 6.07) is 0. The smallest absolute Gasteiger partial charge is 0.0495 e. The van der Waals surface area contributed by atoms with Crippen molar-refractivity contribution in [3.8, 4) is 0 Å². The van der Waals surface area contributed by atoms with Gasteiger partial charge in [0.05, 0.1) is 0 Å². The van der Waals surface area contributed by atoms with Crippen LogP contribution in [-0.4, -0.2) is 37.7 Å². The van der Waals surface area contributed by atoms with Gasteiger partial charge in [0.2, 0.25) is 0 Å². The summed E-state index contributed by atoms with van der Waals surface area (Å²) in [5.74, 6) is 2.43. The predicted molar refractivity (Wildman–Crippen MR) is 78.9 cm³/mol. The van der Waals surface area contributed by atoms with Gasteiger partial charge in [-0.2, -0.15) is 0 Å². The van der Waals surface area contributed by atoms with Gasteiger partial charge in [0.15, 0.2) is 0 Å². The zero-order valence-corrected chi connectivity index (χ0v) is 13.0. The van der Waals surface area contributed by atoms with Crippen molar-refractivity contribution in [2.45, 2.75) is 53.4 Å². The summed E-state index contributed by atoms with van der Waals surface area (Å²) >= 11 is 0. The van der Waals surface area contributed by atoms with Crippen LogP contribution in [0.2, 0.25) is 0 Å². The molecular weight excluding hydrogens is 222 g/mol. The molecule has 0 unspecified atom stereocenters. The molecule has 0 N–H and O–H groups in total. The molecule has 0 radical (unpaired) electrons. The minimum atomic E-state index is 0.800. The third-order valence-corrected chi connectivity index (χ3v) is 3.75. The van der Waals surface area contributed by atoms with Gasteiger partial charge in [-0.15, -0.1) is 0 Å². The first-order valence-electron chi connectivity index (χ1n) is 7.88. The van der Waals surface area contributed by atoms with Crippen molar-refractivity contribution in [3.63, 3.8) is 0 Å². The summed E-state index contributed by atoms with van der Waals surface area (Å²) in [5, 5.41) is 0. The third-order valence-electron chi connectivity index (χ3n) is 3.75. The summed E-state index contributed by atoms with van der Waals surface area (Å²) < 4.78 is 5.82. The van der Waals surface area contributed by atoms with Gasteiger partial charge in [0.1, 0.15) is 0 Å². The van der Waals surface area contributed by atoms with Gasteiger partial charge in [-0.05, 0) is 56.5 Å². The van der Waals surface area contributed by atoms with E-state index in [1.165, 1.54) is 45.3 Å². The van der Waals surface area contributed by atoms with E-state index in [1.54, 1.807) is 0 Å². The normalized spacial score (nSPS) is 19.0. The molecule has 0 aliphatic carbocycles. The predicted octanol–water partition coefficient (Wildman–Crippen LogP) is 3.81. The van der Waals surface area contributed by atoms with Crippen molar-refractivity contribution < 1.29 is 4.74 Å². The van der Waals surface area contributed by atoms with Crippen molar-refractivity contribution in [1.29, 1.82) is 0 Å². The Hall–Kier alpha value is -0.0800. The molecule has 1 aliphatic heterocycles. The molecule has 2 heteroatoms. The van der Waals surface area contributed by atoms with Crippen molar-refractivity contribution in [2.75, 3.05) is 32.8 Å². The number of hydrogen-bond acceptors (Lipinski definition) is 2. The molecule has 0 amide bonds. The second-order valence-electron chi connectivity index (χ2n) is 6.75. The van der Waals surface area contributed by atoms with Crippen molar-refractivity contribution in [3.05, 3.63) is 0 Å². The van der Waals surface area contributed by atoms with Crippen LogP contribution in [0.5, 0.6) is 0 Å². The first-order chi connectivity index (χ1) is 8.58. The number of nitrogens with zero attached hydrogens (tertiary/aromatic N) is 1. The van der Waals surface area contributed by atoms with Gasteiger partial charge in [-0.1, -0.05) is 27.7 Å². The van der Waals surface area contributed by atoms with Crippen LogP contribution in [0.1, 0.15) is 53.4 Å². The van der Waals surface area contributed by atoms with Crippen LogP contribution in [0.3, 0.4) is 0 Å². The summed E-state index contributed by atoms with van der Waals surface area (Å²) in [6.07, 6.45) is 5.19. The fourth-order valence-corrected chi connectivity index (χ4v) is 2.70. The summed E-state index contributed by atoms with van der Waals surface area (Å²) in [6.45, 7) is 15.0. The lowest BCUT2D eigenvalue weighted by atomic mass is 9.97. The Kier molecular flexibility index (Phi) is 7.92. The summed E-state index contributed by atoms with van der Waals surface area (Å²) in [7, 11) is 0. The maximum absolute atomic E-state index is 5.82. The molecule has 18 heavy (non-hydrogen) atoms. The van der Waals surface area contributed by atoms with E-state index in [0.717, 1.165) is 31.0 Å². The van der Waals surface area contributed by atoms with E-state index >= 15 is 0 Å². The van der Waals surface area contributed by atoms with Crippen LogP contribution < -0.4 is 0 Å². The average molecular weight is 255 g/mol. The Balaban J connectivity index is 1.98. The van der Waals surface area contributed by atoms with Gasteiger partial charge < -0.3 is 9.64 Å². The van der Waals surface area contributed by atoms with E-state index in [-0.39, 0.29) is 0 Å². The number of hydrogen-bond donors (Lipinski definition) is 0. The molecule has 0 bridgehead atoms. The maximum Gasteiger partial charge on any atom is 0.0495 e. The minimum Gasteiger partial charge on any atom is -0.381 e. The highest BCUT2D eigenvalue weighted by Gasteiger charge is 2.19. The van der Waals surface area contributed by atoms with E-state index in [9.17, 15) is 0 Å². The molecule has 1 aliphatic rings. The number of piperidine rings is 1. The molecule has 1 saturated heterocycles. The molecule has 2 nitrogen and oxygen atoms in total. The average Bonchev–Trinajstić information content (AvgIpc) is 2.30. The number of rotatable bonds is 8. The zero-order valence-electron chi connectivity index (χ0n) is 13.0. The van der Waals surface area contributed by atoms with Crippen molar-refractivity contribution in [2.24, 2.45) is 17.8 Å². The van der Waals surface area contributed by atoms with E-state index in [2.05, 4.69) is 32.6 Å². The molecular formula is C16H33NO. The second kappa shape index (κ2) is 8.92. The van der Waals surface area contributed by atoms with E-state index in [1.807, 2.05) is 0 Å². The van der Waals surface area contributed by atoms with Crippen LogP contribution in [0.15, 0.2) is 0 Å². The first kappa shape index (κ1) is 16.0. The lowest BCUT2D eigenvalue weighted by Gasteiger charge is -2.32. The zero-order chi connectivity index (χ0) is 13.4. The van der Waals surface area contributed by atoms with Gasteiger partial charge >= 0.3 is 0 Å². The van der Waals surface area contributed by atoms with Crippen LogP contribution in [0, 0.1) is 17.8 Å². The van der Waals surface area contributed by atoms with E-state index < -0.39 is 0 Å². The molecule has 0 spiro atoms. The molecule has 0 aromatic rings. The Morgan fingerprint density at radius 1 is 1.06 bits per heavy atom. The third kappa shape index (κ3) is 7.38. The quantitative estimate of drug-likeness (QED) is 0.612. The molecule has 1 fully saturated rings. The second-order valence-corrected chi connectivity index (χ2v) is 6.75. The topological polar surface area (TPSA) is 12.5 Å². The molecule has 0 saturated carbocycles. The Morgan fingerprint density at radius 3 is 2.28 bits per heavy atom. The summed E-state index contributed by atoms with van der Waals surface area (Å²) in [5.41, 5.74) is 0. The van der Waals surface area contributed by atoms with E-state index in [0.29, 0.717) is 0 Å². The van der Waals surface area contributed by atoms with Crippen LogP contribution in [0.25, 0.3) is 0 Å². The highest BCUT2D eigenvalue weighted by molar-refractivity contribution is 4.72. The highest BCUT2D eigenvalue weighted by atomic mass is 16.5. The van der Waals surface area contributed by atoms with Gasteiger partial charge in [0, 0.05) is 19.8 Å². The molecule has 108 valence electrons. The van der Waals surface area contributed by atoms with Crippen molar-refractivity contribution >= 4 is 0 Å². The number of ether oxygens (including phenoxy) is 1. The fourth-order valence-electron chi connectivity index (χ4n) is 2.70. The standard InChI is InChI=1S/C16H33NO/c1-14(2)6-5-11-18-13-16-7-9-17(10-8-16)12-15(3)4/h14-16H,5-13H2,1-4H3.